The zero-order chi connectivity index (χ0) is 14.5. The van der Waals surface area contributed by atoms with Crippen LogP contribution in [-0.2, 0) is 20.8 Å². The molecule has 1 unspecified atom stereocenters. The number of carbonyl (C=O) groups is 1. The van der Waals surface area contributed by atoms with Gasteiger partial charge >= 0.3 is 5.97 Å². The number of rotatable bonds is 4. The van der Waals surface area contributed by atoms with E-state index < -0.39 is 5.82 Å². The number of halogens is 2. The van der Waals surface area contributed by atoms with Gasteiger partial charge in [0.15, 0.2) is 0 Å². The Morgan fingerprint density at radius 2 is 2.40 bits per heavy atom. The van der Waals surface area contributed by atoms with Crippen LogP contribution in [0.1, 0.15) is 12.0 Å². The van der Waals surface area contributed by atoms with Crippen molar-refractivity contribution in [1.29, 1.82) is 0 Å². The molecular formula is C14H17ClFNO3. The lowest BCUT2D eigenvalue weighted by molar-refractivity contribution is -0.145. The second-order valence-electron chi connectivity index (χ2n) is 4.76. The van der Waals surface area contributed by atoms with Gasteiger partial charge in [0.25, 0.3) is 0 Å². The van der Waals surface area contributed by atoms with Crippen LogP contribution in [0.3, 0.4) is 0 Å². The van der Waals surface area contributed by atoms with E-state index in [0.29, 0.717) is 19.7 Å². The van der Waals surface area contributed by atoms with Gasteiger partial charge in [0, 0.05) is 19.6 Å². The number of methoxy groups -OCH3 is 1. The minimum absolute atomic E-state index is 0.124. The fraction of sp³-hybridized carbons (Fsp3) is 0.500. The third kappa shape index (κ3) is 4.16. The molecule has 0 saturated carbocycles. The van der Waals surface area contributed by atoms with Crippen LogP contribution in [0.2, 0.25) is 5.02 Å². The summed E-state index contributed by atoms with van der Waals surface area (Å²) in [6.45, 7) is 2.54. The average molecular weight is 302 g/mol. The molecule has 0 amide bonds. The maximum absolute atomic E-state index is 13.4. The van der Waals surface area contributed by atoms with Crippen LogP contribution in [0, 0.1) is 5.82 Å². The van der Waals surface area contributed by atoms with E-state index in [1.165, 1.54) is 13.2 Å². The monoisotopic (exact) mass is 301 g/mol. The first-order valence-corrected chi connectivity index (χ1v) is 6.81. The van der Waals surface area contributed by atoms with Crippen molar-refractivity contribution in [2.75, 3.05) is 26.8 Å². The van der Waals surface area contributed by atoms with E-state index in [1.54, 1.807) is 12.1 Å². The van der Waals surface area contributed by atoms with Crippen molar-refractivity contribution in [1.82, 2.24) is 4.90 Å². The van der Waals surface area contributed by atoms with Crippen molar-refractivity contribution >= 4 is 17.6 Å². The van der Waals surface area contributed by atoms with Gasteiger partial charge in [-0.1, -0.05) is 17.7 Å². The standard InChI is InChI=1S/C14H17ClFNO3/c1-19-14(18)7-11-9-17(4-5-20-11)8-10-2-3-12(15)13(16)6-10/h2-3,6,11H,4-5,7-9H2,1H3. The Morgan fingerprint density at radius 3 is 3.10 bits per heavy atom. The van der Waals surface area contributed by atoms with Crippen molar-refractivity contribution in [3.05, 3.63) is 34.6 Å². The third-order valence-electron chi connectivity index (χ3n) is 3.24. The second-order valence-corrected chi connectivity index (χ2v) is 5.16. The van der Waals surface area contributed by atoms with E-state index in [1.807, 2.05) is 0 Å². The summed E-state index contributed by atoms with van der Waals surface area (Å²) < 4.78 is 23.5. The van der Waals surface area contributed by atoms with Crippen molar-refractivity contribution in [2.45, 2.75) is 19.1 Å². The highest BCUT2D eigenvalue weighted by Gasteiger charge is 2.23. The van der Waals surface area contributed by atoms with Gasteiger partial charge in [-0.25, -0.2) is 4.39 Å². The molecule has 2 rings (SSSR count). The average Bonchev–Trinajstić information content (AvgIpc) is 2.43. The lowest BCUT2D eigenvalue weighted by Crippen LogP contribution is -2.42. The highest BCUT2D eigenvalue weighted by molar-refractivity contribution is 6.30. The van der Waals surface area contributed by atoms with E-state index in [4.69, 9.17) is 16.3 Å². The fourth-order valence-electron chi connectivity index (χ4n) is 2.21. The molecule has 1 saturated heterocycles. The van der Waals surface area contributed by atoms with Gasteiger partial charge in [-0.05, 0) is 17.7 Å². The summed E-state index contributed by atoms with van der Waals surface area (Å²) in [4.78, 5) is 13.4. The molecule has 1 fully saturated rings. The zero-order valence-electron chi connectivity index (χ0n) is 11.3. The molecule has 1 aromatic rings. The molecule has 0 radical (unpaired) electrons. The molecule has 6 heteroatoms. The fourth-order valence-corrected chi connectivity index (χ4v) is 2.33. The van der Waals surface area contributed by atoms with Crippen molar-refractivity contribution in [2.24, 2.45) is 0 Å². The molecule has 0 bridgehead atoms. The summed E-state index contributed by atoms with van der Waals surface area (Å²) in [7, 11) is 1.36. The first-order valence-electron chi connectivity index (χ1n) is 6.43. The first-order chi connectivity index (χ1) is 9.58. The van der Waals surface area contributed by atoms with Crippen molar-refractivity contribution < 1.29 is 18.7 Å². The summed E-state index contributed by atoms with van der Waals surface area (Å²) in [6.07, 6.45) is 0.0652. The van der Waals surface area contributed by atoms with Crippen LogP contribution in [0.5, 0.6) is 0 Å². The predicted molar refractivity (Wildman–Crippen MR) is 73.1 cm³/mol. The van der Waals surface area contributed by atoms with Gasteiger partial charge in [0.05, 0.1) is 31.3 Å². The Labute approximate surface area is 122 Å². The summed E-state index contributed by atoms with van der Waals surface area (Å²) in [6, 6.07) is 4.79. The molecule has 0 N–H and O–H groups in total. The Balaban J connectivity index is 1.92. The van der Waals surface area contributed by atoms with Crippen LogP contribution in [0.4, 0.5) is 4.39 Å². The van der Waals surface area contributed by atoms with Gasteiger partial charge in [0.2, 0.25) is 0 Å². The SMILES string of the molecule is COC(=O)CC1CN(Cc2ccc(Cl)c(F)c2)CCO1. The molecule has 1 atom stereocenters. The molecule has 0 aromatic heterocycles. The number of esters is 1. The number of carbonyl (C=O) groups excluding carboxylic acids is 1. The molecule has 1 aromatic carbocycles. The number of nitrogens with zero attached hydrogens (tertiary/aromatic N) is 1. The molecule has 1 aliphatic heterocycles. The number of hydrogen-bond acceptors (Lipinski definition) is 4. The van der Waals surface area contributed by atoms with E-state index in [-0.39, 0.29) is 23.5 Å². The molecule has 4 nitrogen and oxygen atoms in total. The van der Waals surface area contributed by atoms with Crippen LogP contribution < -0.4 is 0 Å². The van der Waals surface area contributed by atoms with Gasteiger partial charge in [-0.15, -0.1) is 0 Å². The molecule has 1 heterocycles. The summed E-state index contributed by atoms with van der Waals surface area (Å²) in [5.41, 5.74) is 0.852. The van der Waals surface area contributed by atoms with E-state index in [9.17, 15) is 9.18 Å². The lowest BCUT2D eigenvalue weighted by Gasteiger charge is -2.32. The highest BCUT2D eigenvalue weighted by Crippen LogP contribution is 2.18. The Kier molecular flexibility index (Phi) is 5.34. The van der Waals surface area contributed by atoms with E-state index in [0.717, 1.165) is 12.1 Å². The van der Waals surface area contributed by atoms with E-state index >= 15 is 0 Å². The van der Waals surface area contributed by atoms with Crippen LogP contribution in [0.15, 0.2) is 18.2 Å². The quantitative estimate of drug-likeness (QED) is 0.800. The lowest BCUT2D eigenvalue weighted by atomic mass is 10.1. The smallest absolute Gasteiger partial charge is 0.308 e. The Bertz CT molecular complexity index is 483. The third-order valence-corrected chi connectivity index (χ3v) is 3.54. The van der Waals surface area contributed by atoms with Gasteiger partial charge < -0.3 is 9.47 Å². The molecule has 20 heavy (non-hydrogen) atoms. The number of hydrogen-bond donors (Lipinski definition) is 0. The van der Waals surface area contributed by atoms with Gasteiger partial charge in [-0.3, -0.25) is 9.69 Å². The largest absolute Gasteiger partial charge is 0.469 e. The Hall–Kier alpha value is -1.17. The first kappa shape index (κ1) is 15.2. The van der Waals surface area contributed by atoms with Gasteiger partial charge in [0.1, 0.15) is 5.82 Å². The second kappa shape index (κ2) is 7.02. The molecule has 0 spiro atoms. The summed E-state index contributed by atoms with van der Waals surface area (Å²) in [5.74, 6) is -0.696. The maximum Gasteiger partial charge on any atom is 0.308 e. The van der Waals surface area contributed by atoms with Crippen LogP contribution in [-0.4, -0.2) is 43.8 Å². The van der Waals surface area contributed by atoms with Crippen molar-refractivity contribution in [3.63, 3.8) is 0 Å². The highest BCUT2D eigenvalue weighted by atomic mass is 35.5. The van der Waals surface area contributed by atoms with Crippen LogP contribution in [0.25, 0.3) is 0 Å². The Morgan fingerprint density at radius 1 is 1.60 bits per heavy atom. The number of benzene rings is 1. The van der Waals surface area contributed by atoms with Crippen LogP contribution >= 0.6 is 11.6 Å². The molecule has 0 aliphatic carbocycles. The molecule has 110 valence electrons. The molecular weight excluding hydrogens is 285 g/mol. The molecule has 1 aliphatic rings. The van der Waals surface area contributed by atoms with Crippen molar-refractivity contribution in [3.8, 4) is 0 Å². The maximum atomic E-state index is 13.4. The minimum Gasteiger partial charge on any atom is -0.469 e. The zero-order valence-corrected chi connectivity index (χ0v) is 12.0. The van der Waals surface area contributed by atoms with Gasteiger partial charge in [-0.2, -0.15) is 0 Å². The summed E-state index contributed by atoms with van der Waals surface area (Å²) in [5, 5.41) is 0.124. The number of morpholine rings is 1. The number of ether oxygens (including phenoxy) is 2. The summed E-state index contributed by atoms with van der Waals surface area (Å²) >= 11 is 5.66. The normalized spacial score (nSPS) is 19.9. The minimum atomic E-state index is -0.413. The van der Waals surface area contributed by atoms with E-state index in [2.05, 4.69) is 9.64 Å². The topological polar surface area (TPSA) is 38.8 Å². The predicted octanol–water partition coefficient (Wildman–Crippen LogP) is 2.24.